The summed E-state index contributed by atoms with van der Waals surface area (Å²) in [4.78, 5) is 24.9. The van der Waals surface area contributed by atoms with Crippen LogP contribution in [-0.2, 0) is 14.3 Å². The van der Waals surface area contributed by atoms with E-state index in [1.165, 1.54) is 34.0 Å². The fraction of sp³-hybridized carbons (Fsp3) is 0.364. The summed E-state index contributed by atoms with van der Waals surface area (Å²) in [6.07, 6.45) is 0. The molecular weight excluding hydrogens is 358 g/mol. The van der Waals surface area contributed by atoms with Gasteiger partial charge in [-0.1, -0.05) is 24.3 Å². The quantitative estimate of drug-likeness (QED) is 0.566. The van der Waals surface area contributed by atoms with Crippen molar-refractivity contribution in [2.75, 3.05) is 12.4 Å². The van der Waals surface area contributed by atoms with E-state index in [2.05, 4.69) is 25.2 Å². The number of amides is 1. The molecule has 0 aliphatic rings. The summed E-state index contributed by atoms with van der Waals surface area (Å²) in [7, 11) is 0. The normalized spacial score (nSPS) is 11.7. The third-order valence-corrected chi connectivity index (χ3v) is 5.58. The average Bonchev–Trinajstić information content (AvgIpc) is 2.63. The van der Waals surface area contributed by atoms with Gasteiger partial charge < -0.3 is 10.1 Å². The molecule has 1 atom stereocenters. The van der Waals surface area contributed by atoms with Crippen LogP contribution in [0.25, 0.3) is 0 Å². The van der Waals surface area contributed by atoms with E-state index in [-0.39, 0.29) is 24.3 Å². The summed E-state index contributed by atoms with van der Waals surface area (Å²) in [6, 6.07) is 12.0. The van der Waals surface area contributed by atoms with E-state index >= 15 is 0 Å². The maximum absolute atomic E-state index is 12.0. The molecule has 0 aromatic heterocycles. The first-order chi connectivity index (χ1) is 12.8. The summed E-state index contributed by atoms with van der Waals surface area (Å²) in [5.74, 6) is -0.514. The zero-order valence-corrected chi connectivity index (χ0v) is 17.4. The second-order valence-electron chi connectivity index (χ2n) is 6.83. The van der Waals surface area contributed by atoms with Crippen molar-refractivity contribution in [3.8, 4) is 0 Å². The van der Waals surface area contributed by atoms with Crippen molar-refractivity contribution >= 4 is 23.6 Å². The van der Waals surface area contributed by atoms with Crippen LogP contribution in [0, 0.1) is 27.7 Å². The van der Waals surface area contributed by atoms with Crippen molar-refractivity contribution in [3.05, 3.63) is 64.2 Å². The number of carbonyl (C=O) groups is 2. The highest BCUT2D eigenvalue weighted by atomic mass is 32.2. The lowest BCUT2D eigenvalue weighted by molar-refractivity contribution is -0.146. The predicted octanol–water partition coefficient (Wildman–Crippen LogP) is 4.43. The number of esters is 1. The van der Waals surface area contributed by atoms with Crippen LogP contribution in [-0.4, -0.2) is 24.2 Å². The summed E-state index contributed by atoms with van der Waals surface area (Å²) >= 11 is 1.41. The maximum Gasteiger partial charge on any atom is 0.316 e. The topological polar surface area (TPSA) is 55.4 Å². The van der Waals surface area contributed by atoms with Crippen LogP contribution in [0.3, 0.4) is 0 Å². The van der Waals surface area contributed by atoms with E-state index in [1.807, 2.05) is 51.1 Å². The van der Waals surface area contributed by atoms with Crippen LogP contribution >= 0.6 is 11.8 Å². The number of carbonyl (C=O) groups excluding carboxylic acids is 2. The van der Waals surface area contributed by atoms with Gasteiger partial charge in [0.15, 0.2) is 6.61 Å². The van der Waals surface area contributed by atoms with Gasteiger partial charge in [-0.05, 0) is 74.6 Å². The highest BCUT2D eigenvalue weighted by Crippen LogP contribution is 2.21. The number of nitrogens with one attached hydrogen (secondary N) is 1. The molecule has 2 aromatic rings. The first-order valence-electron chi connectivity index (χ1n) is 8.98. The average molecular weight is 386 g/mol. The second kappa shape index (κ2) is 9.60. The Hall–Kier alpha value is -2.27. The van der Waals surface area contributed by atoms with E-state index in [9.17, 15) is 9.59 Å². The molecule has 0 radical (unpaired) electrons. The third kappa shape index (κ3) is 6.43. The fourth-order valence-corrected chi connectivity index (χ4v) is 3.33. The highest BCUT2D eigenvalue weighted by Gasteiger charge is 2.13. The van der Waals surface area contributed by atoms with Crippen LogP contribution in [0.2, 0.25) is 0 Å². The number of thioether (sulfide) groups is 1. The Bertz CT molecular complexity index is 832. The number of hydrogen-bond donors (Lipinski definition) is 1. The lowest BCUT2D eigenvalue weighted by Gasteiger charge is -2.15. The molecule has 0 saturated carbocycles. The van der Waals surface area contributed by atoms with Gasteiger partial charge in [-0.15, -0.1) is 11.8 Å². The molecule has 0 fully saturated rings. The van der Waals surface area contributed by atoms with Gasteiger partial charge in [-0.2, -0.15) is 0 Å². The Morgan fingerprint density at radius 1 is 0.963 bits per heavy atom. The summed E-state index contributed by atoms with van der Waals surface area (Å²) in [5.41, 5.74) is 5.84. The lowest BCUT2D eigenvalue weighted by atomic mass is 10.0. The molecule has 0 aliphatic carbocycles. The standard InChI is InChI=1S/C22H27NO3S/c1-14-6-8-19(10-16(14)3)18(5)23-21(24)12-26-22(25)13-27-20-9-7-15(2)17(4)11-20/h6-11,18H,12-13H2,1-5H3,(H,23,24)/t18-/m1/s1. The minimum absolute atomic E-state index is 0.139. The first kappa shape index (κ1) is 21.0. The zero-order valence-electron chi connectivity index (χ0n) is 16.6. The molecule has 0 heterocycles. The molecule has 1 N–H and O–H groups in total. The van der Waals surface area contributed by atoms with Gasteiger partial charge in [0.2, 0.25) is 0 Å². The minimum atomic E-state index is -0.396. The van der Waals surface area contributed by atoms with E-state index in [4.69, 9.17) is 4.74 Å². The van der Waals surface area contributed by atoms with Crippen LogP contribution in [0.1, 0.15) is 40.8 Å². The van der Waals surface area contributed by atoms with Crippen molar-refractivity contribution in [1.82, 2.24) is 5.32 Å². The van der Waals surface area contributed by atoms with Crippen LogP contribution < -0.4 is 5.32 Å². The number of ether oxygens (including phenoxy) is 1. The molecule has 4 nitrogen and oxygen atoms in total. The molecule has 0 spiro atoms. The van der Waals surface area contributed by atoms with Crippen molar-refractivity contribution < 1.29 is 14.3 Å². The Morgan fingerprint density at radius 3 is 2.22 bits per heavy atom. The molecule has 144 valence electrons. The summed E-state index contributed by atoms with van der Waals surface area (Å²) < 4.78 is 5.09. The fourth-order valence-electron chi connectivity index (χ4n) is 2.53. The smallest absolute Gasteiger partial charge is 0.316 e. The van der Waals surface area contributed by atoms with Crippen molar-refractivity contribution in [2.24, 2.45) is 0 Å². The van der Waals surface area contributed by atoms with Crippen LogP contribution in [0.5, 0.6) is 0 Å². The maximum atomic E-state index is 12.0. The molecule has 2 aromatic carbocycles. The Balaban J connectivity index is 1.76. The SMILES string of the molecule is Cc1ccc(SCC(=O)OCC(=O)N[C@H](C)c2ccc(C)c(C)c2)cc1C. The Labute approximate surface area is 165 Å². The van der Waals surface area contributed by atoms with Gasteiger partial charge in [-0.3, -0.25) is 9.59 Å². The molecule has 5 heteroatoms. The Kier molecular flexibility index (Phi) is 7.48. The van der Waals surface area contributed by atoms with Crippen molar-refractivity contribution in [2.45, 2.75) is 45.6 Å². The monoisotopic (exact) mass is 385 g/mol. The third-order valence-electron chi connectivity index (χ3n) is 4.61. The number of hydrogen-bond acceptors (Lipinski definition) is 4. The number of rotatable bonds is 7. The minimum Gasteiger partial charge on any atom is -0.455 e. The van der Waals surface area contributed by atoms with Crippen LogP contribution in [0.15, 0.2) is 41.3 Å². The molecule has 1 amide bonds. The van der Waals surface area contributed by atoms with Gasteiger partial charge in [0.05, 0.1) is 11.8 Å². The van der Waals surface area contributed by atoms with Gasteiger partial charge in [0.1, 0.15) is 0 Å². The summed E-state index contributed by atoms with van der Waals surface area (Å²) in [5, 5.41) is 2.86. The van der Waals surface area contributed by atoms with Gasteiger partial charge in [0.25, 0.3) is 5.91 Å². The van der Waals surface area contributed by atoms with E-state index < -0.39 is 5.97 Å². The number of benzene rings is 2. The van der Waals surface area contributed by atoms with Crippen molar-refractivity contribution in [1.29, 1.82) is 0 Å². The summed E-state index contributed by atoms with van der Waals surface area (Å²) in [6.45, 7) is 9.84. The highest BCUT2D eigenvalue weighted by molar-refractivity contribution is 8.00. The zero-order chi connectivity index (χ0) is 20.0. The van der Waals surface area contributed by atoms with E-state index in [0.29, 0.717) is 0 Å². The van der Waals surface area contributed by atoms with Crippen molar-refractivity contribution in [3.63, 3.8) is 0 Å². The number of aryl methyl sites for hydroxylation is 4. The Morgan fingerprint density at radius 2 is 1.59 bits per heavy atom. The van der Waals surface area contributed by atoms with Gasteiger partial charge >= 0.3 is 5.97 Å². The lowest BCUT2D eigenvalue weighted by Crippen LogP contribution is -2.31. The van der Waals surface area contributed by atoms with Gasteiger partial charge in [-0.25, -0.2) is 0 Å². The molecular formula is C22H27NO3S. The molecule has 0 aliphatic heterocycles. The molecule has 2 rings (SSSR count). The van der Waals surface area contributed by atoms with E-state index in [0.717, 1.165) is 10.5 Å². The van der Waals surface area contributed by atoms with Crippen LogP contribution in [0.4, 0.5) is 0 Å². The second-order valence-corrected chi connectivity index (χ2v) is 7.88. The van der Waals surface area contributed by atoms with Gasteiger partial charge in [0, 0.05) is 4.90 Å². The first-order valence-corrected chi connectivity index (χ1v) is 9.97. The van der Waals surface area contributed by atoms with E-state index in [1.54, 1.807) is 0 Å². The molecule has 0 saturated heterocycles. The molecule has 0 unspecified atom stereocenters. The molecule has 0 bridgehead atoms. The predicted molar refractivity (Wildman–Crippen MR) is 110 cm³/mol. The molecule has 27 heavy (non-hydrogen) atoms. The largest absolute Gasteiger partial charge is 0.455 e.